The lowest BCUT2D eigenvalue weighted by Crippen LogP contribution is -2.45. The molecule has 2 N–H and O–H groups in total. The Morgan fingerprint density at radius 1 is 1.22 bits per heavy atom. The molecule has 0 bridgehead atoms. The quantitative estimate of drug-likeness (QED) is 0.830. The maximum absolute atomic E-state index is 12.6. The molecule has 1 aliphatic rings. The Bertz CT molecular complexity index is 944. The van der Waals surface area contributed by atoms with E-state index in [1.54, 1.807) is 35.2 Å². The zero-order valence-electron chi connectivity index (χ0n) is 15.0. The molecule has 8 nitrogen and oxygen atoms in total. The van der Waals surface area contributed by atoms with Crippen molar-refractivity contribution >= 4 is 28.6 Å². The van der Waals surface area contributed by atoms with E-state index in [0.717, 1.165) is 0 Å². The summed E-state index contributed by atoms with van der Waals surface area (Å²) in [6.07, 6.45) is 0.827. The van der Waals surface area contributed by atoms with Crippen LogP contribution in [0.15, 0.2) is 35.1 Å². The number of H-pyrrole nitrogens is 1. The Hall–Kier alpha value is -3.16. The third-order valence-electron chi connectivity index (χ3n) is 4.90. The Morgan fingerprint density at radius 2 is 1.89 bits per heavy atom. The molecule has 0 unspecified atom stereocenters. The van der Waals surface area contributed by atoms with E-state index in [0.29, 0.717) is 36.7 Å². The number of nitrogens with one attached hydrogen (secondary N) is 1. The first kappa shape index (κ1) is 18.6. The van der Waals surface area contributed by atoms with Crippen molar-refractivity contribution < 1.29 is 19.5 Å². The second-order valence-corrected chi connectivity index (χ2v) is 6.75. The fourth-order valence-electron chi connectivity index (χ4n) is 3.28. The number of aromatic nitrogens is 1. The number of carboxylic acid groups (broad SMARTS) is 1. The normalized spacial score (nSPS) is 14.9. The Morgan fingerprint density at radius 3 is 2.56 bits per heavy atom. The molecular weight excluding hydrogens is 350 g/mol. The topological polar surface area (TPSA) is 111 Å². The zero-order valence-corrected chi connectivity index (χ0v) is 15.0. The van der Waals surface area contributed by atoms with E-state index >= 15 is 0 Å². The van der Waals surface area contributed by atoms with Crippen LogP contribution in [0.25, 0.3) is 10.8 Å². The van der Waals surface area contributed by atoms with Crippen molar-refractivity contribution in [2.45, 2.75) is 12.8 Å². The van der Waals surface area contributed by atoms with E-state index in [2.05, 4.69) is 4.98 Å². The number of carbonyl (C=O) groups is 3. The number of nitrogens with zero attached hydrogens (tertiary/aromatic N) is 2. The number of amides is 2. The zero-order chi connectivity index (χ0) is 19.6. The fraction of sp³-hybridized carbons (Fsp3) is 0.368. The van der Waals surface area contributed by atoms with Crippen LogP contribution in [0.1, 0.15) is 23.3 Å². The van der Waals surface area contributed by atoms with E-state index in [1.807, 2.05) is 0 Å². The molecule has 142 valence electrons. The van der Waals surface area contributed by atoms with Gasteiger partial charge >= 0.3 is 5.97 Å². The van der Waals surface area contributed by atoms with Crippen molar-refractivity contribution in [3.63, 3.8) is 0 Å². The van der Waals surface area contributed by atoms with E-state index in [1.165, 1.54) is 11.9 Å². The number of carbonyl (C=O) groups excluding carboxylic acids is 2. The number of fused-ring (bicyclic) bond motifs is 1. The van der Waals surface area contributed by atoms with Gasteiger partial charge in [-0.1, -0.05) is 18.2 Å². The molecule has 1 fully saturated rings. The molecule has 1 saturated heterocycles. The number of aromatic amines is 1. The summed E-state index contributed by atoms with van der Waals surface area (Å²) >= 11 is 0. The summed E-state index contributed by atoms with van der Waals surface area (Å²) < 4.78 is 0. The molecule has 3 rings (SSSR count). The molecule has 2 amide bonds. The smallest absolute Gasteiger partial charge is 0.306 e. The number of likely N-dealkylation sites (tertiary alicyclic amines) is 1. The van der Waals surface area contributed by atoms with E-state index in [-0.39, 0.29) is 23.7 Å². The molecule has 0 saturated carbocycles. The maximum atomic E-state index is 12.6. The molecule has 1 aromatic heterocycles. The van der Waals surface area contributed by atoms with Crippen LogP contribution < -0.4 is 5.56 Å². The van der Waals surface area contributed by atoms with Crippen molar-refractivity contribution in [1.82, 2.24) is 14.8 Å². The molecule has 1 aliphatic heterocycles. The highest BCUT2D eigenvalue weighted by molar-refractivity contribution is 5.97. The van der Waals surface area contributed by atoms with Crippen molar-refractivity contribution in [3.8, 4) is 0 Å². The van der Waals surface area contributed by atoms with Gasteiger partial charge in [0, 0.05) is 25.5 Å². The lowest BCUT2D eigenvalue weighted by atomic mass is 9.97. The van der Waals surface area contributed by atoms with Gasteiger partial charge < -0.3 is 19.9 Å². The lowest BCUT2D eigenvalue weighted by Gasteiger charge is -2.31. The highest BCUT2D eigenvalue weighted by Gasteiger charge is 2.28. The predicted octanol–water partition coefficient (Wildman–Crippen LogP) is 0.923. The number of benzene rings is 1. The van der Waals surface area contributed by atoms with Crippen molar-refractivity contribution in [2.75, 3.05) is 26.7 Å². The Balaban J connectivity index is 1.67. The van der Waals surface area contributed by atoms with E-state index in [4.69, 9.17) is 5.11 Å². The Labute approximate surface area is 155 Å². The van der Waals surface area contributed by atoms with Crippen LogP contribution in [0.2, 0.25) is 0 Å². The molecule has 27 heavy (non-hydrogen) atoms. The van der Waals surface area contributed by atoms with E-state index < -0.39 is 17.8 Å². The second kappa shape index (κ2) is 7.61. The number of piperidine rings is 1. The molecular formula is C19H21N3O5. The first-order valence-corrected chi connectivity index (χ1v) is 8.75. The third-order valence-corrected chi connectivity index (χ3v) is 4.90. The number of hydrogen-bond acceptors (Lipinski definition) is 4. The van der Waals surface area contributed by atoms with E-state index in [9.17, 15) is 19.2 Å². The van der Waals surface area contributed by atoms with Crippen LogP contribution >= 0.6 is 0 Å². The minimum absolute atomic E-state index is 0.124. The summed E-state index contributed by atoms with van der Waals surface area (Å²) in [5.74, 6) is -1.95. The standard InChI is InChI=1S/C19H21N3O5/c1-21(11-16(23)22-8-6-12(7-9-22)19(26)27)18(25)15-10-13-4-2-3-5-14(13)17(24)20-15/h2-5,10,12H,6-9,11H2,1H3,(H,20,24)(H,26,27). The number of pyridine rings is 1. The monoisotopic (exact) mass is 371 g/mol. The molecule has 8 heteroatoms. The predicted molar refractivity (Wildman–Crippen MR) is 98.5 cm³/mol. The first-order valence-electron chi connectivity index (χ1n) is 8.75. The summed E-state index contributed by atoms with van der Waals surface area (Å²) in [4.78, 5) is 53.5. The number of likely N-dealkylation sites (N-methyl/N-ethyl adjacent to an activating group) is 1. The summed E-state index contributed by atoms with van der Waals surface area (Å²) in [6, 6.07) is 8.55. The van der Waals surface area contributed by atoms with Gasteiger partial charge in [0.25, 0.3) is 11.5 Å². The molecule has 2 aromatic rings. The first-order chi connectivity index (χ1) is 12.9. The summed E-state index contributed by atoms with van der Waals surface area (Å²) in [6.45, 7) is 0.598. The maximum Gasteiger partial charge on any atom is 0.306 e. The molecule has 1 aromatic carbocycles. The highest BCUT2D eigenvalue weighted by atomic mass is 16.4. The van der Waals surface area contributed by atoms with Gasteiger partial charge in [-0.05, 0) is 30.4 Å². The molecule has 0 aliphatic carbocycles. The third kappa shape index (κ3) is 3.99. The number of carboxylic acids is 1. The number of aliphatic carboxylic acids is 1. The van der Waals surface area contributed by atoms with Crippen LogP contribution in [-0.4, -0.2) is 64.4 Å². The summed E-state index contributed by atoms with van der Waals surface area (Å²) in [7, 11) is 1.50. The number of hydrogen-bond donors (Lipinski definition) is 2. The second-order valence-electron chi connectivity index (χ2n) is 6.75. The van der Waals surface area contributed by atoms with Gasteiger partial charge in [0.15, 0.2) is 0 Å². The van der Waals surface area contributed by atoms with Gasteiger partial charge in [-0.2, -0.15) is 0 Å². The molecule has 0 radical (unpaired) electrons. The van der Waals surface area contributed by atoms with Gasteiger partial charge in [-0.3, -0.25) is 19.2 Å². The van der Waals surface area contributed by atoms with Gasteiger partial charge in [-0.25, -0.2) is 0 Å². The minimum Gasteiger partial charge on any atom is -0.481 e. The molecule has 0 atom stereocenters. The largest absolute Gasteiger partial charge is 0.481 e. The van der Waals surface area contributed by atoms with Gasteiger partial charge in [0.2, 0.25) is 5.91 Å². The average Bonchev–Trinajstić information content (AvgIpc) is 2.67. The van der Waals surface area contributed by atoms with Crippen molar-refractivity contribution in [1.29, 1.82) is 0 Å². The van der Waals surface area contributed by atoms with Gasteiger partial charge in [0.1, 0.15) is 5.69 Å². The van der Waals surface area contributed by atoms with Crippen LogP contribution in [0.5, 0.6) is 0 Å². The van der Waals surface area contributed by atoms with Crippen LogP contribution in [0.4, 0.5) is 0 Å². The van der Waals surface area contributed by atoms with Crippen LogP contribution in [0.3, 0.4) is 0 Å². The fourth-order valence-corrected chi connectivity index (χ4v) is 3.28. The SMILES string of the molecule is CN(CC(=O)N1CCC(C(=O)O)CC1)C(=O)c1cc2ccccc2c(=O)[nH]1. The number of rotatable bonds is 4. The summed E-state index contributed by atoms with van der Waals surface area (Å²) in [5.41, 5.74) is -0.231. The van der Waals surface area contributed by atoms with Crippen LogP contribution in [0, 0.1) is 5.92 Å². The average molecular weight is 371 g/mol. The van der Waals surface area contributed by atoms with Gasteiger partial charge in [-0.15, -0.1) is 0 Å². The van der Waals surface area contributed by atoms with Gasteiger partial charge in [0.05, 0.1) is 12.5 Å². The minimum atomic E-state index is -0.838. The Kier molecular flexibility index (Phi) is 5.25. The molecule has 0 spiro atoms. The lowest BCUT2D eigenvalue weighted by molar-refractivity contribution is -0.145. The molecule has 2 heterocycles. The highest BCUT2D eigenvalue weighted by Crippen LogP contribution is 2.17. The summed E-state index contributed by atoms with van der Waals surface area (Å²) in [5, 5.41) is 10.2. The van der Waals surface area contributed by atoms with Crippen molar-refractivity contribution in [2.24, 2.45) is 5.92 Å². The van der Waals surface area contributed by atoms with Crippen LogP contribution in [-0.2, 0) is 9.59 Å². The van der Waals surface area contributed by atoms with Crippen molar-refractivity contribution in [3.05, 3.63) is 46.4 Å².